The van der Waals surface area contributed by atoms with E-state index in [4.69, 9.17) is 15.3 Å². The highest BCUT2D eigenvalue weighted by atomic mass is 19.1. The Morgan fingerprint density at radius 2 is 2.27 bits per heavy atom. The van der Waals surface area contributed by atoms with Gasteiger partial charge < -0.3 is 15.3 Å². The van der Waals surface area contributed by atoms with Crippen molar-refractivity contribution in [2.24, 2.45) is 10.9 Å². The zero-order valence-electron chi connectivity index (χ0n) is 18.0. The van der Waals surface area contributed by atoms with Gasteiger partial charge in [0, 0.05) is 30.1 Å². The number of ether oxygens (including phenoxy) is 1. The Balaban J connectivity index is 1.42. The molecular weight excluding hydrogens is 429 g/mol. The molecule has 4 rings (SSSR count). The third-order valence-corrected chi connectivity index (χ3v) is 5.21. The van der Waals surface area contributed by atoms with Crippen LogP contribution in [-0.4, -0.2) is 57.6 Å². The molecule has 3 heterocycles. The van der Waals surface area contributed by atoms with Gasteiger partial charge in [0.25, 0.3) is 0 Å². The number of hydrogen-bond donors (Lipinski definition) is 1. The lowest BCUT2D eigenvalue weighted by Crippen LogP contribution is -2.26. The van der Waals surface area contributed by atoms with Crippen molar-refractivity contribution in [1.82, 2.24) is 20.0 Å². The number of cyclic esters (lactones) is 1. The quantitative estimate of drug-likeness (QED) is 0.390. The number of anilines is 1. The summed E-state index contributed by atoms with van der Waals surface area (Å²) >= 11 is 0. The number of nitrogens with two attached hydrogens (primary N) is 1. The number of pyridine rings is 1. The Kier molecular flexibility index (Phi) is 6.89. The van der Waals surface area contributed by atoms with Crippen LogP contribution in [-0.2, 0) is 16.1 Å². The van der Waals surface area contributed by atoms with Gasteiger partial charge in [-0.2, -0.15) is 0 Å². The second-order valence-corrected chi connectivity index (χ2v) is 7.48. The van der Waals surface area contributed by atoms with Gasteiger partial charge in [0.1, 0.15) is 18.0 Å². The number of halogens is 1. The molecule has 2 unspecified atom stereocenters. The number of benzene rings is 1. The van der Waals surface area contributed by atoms with E-state index in [1.54, 1.807) is 47.5 Å². The predicted octanol–water partition coefficient (Wildman–Crippen LogP) is 2.59. The zero-order chi connectivity index (χ0) is 23.2. The summed E-state index contributed by atoms with van der Waals surface area (Å²) in [4.78, 5) is 23.2. The van der Waals surface area contributed by atoms with E-state index in [2.05, 4.69) is 20.5 Å². The minimum atomic E-state index is -0.528. The SMILES string of the molecule is CCC(CN)O/N=C/c1ccc(-c2ccc(N3CC(Cn4ccnn4)OC3=O)cc2F)cn1. The number of nitrogens with zero attached hydrogens (tertiary/aromatic N) is 6. The molecule has 33 heavy (non-hydrogen) atoms. The first-order valence-electron chi connectivity index (χ1n) is 10.5. The molecule has 2 aromatic heterocycles. The van der Waals surface area contributed by atoms with Crippen molar-refractivity contribution in [3.8, 4) is 11.1 Å². The fourth-order valence-corrected chi connectivity index (χ4v) is 3.37. The molecule has 0 bridgehead atoms. The minimum Gasteiger partial charge on any atom is -0.442 e. The molecule has 10 nitrogen and oxygen atoms in total. The number of carbonyl (C=O) groups is 1. The van der Waals surface area contributed by atoms with Crippen LogP contribution in [0.25, 0.3) is 11.1 Å². The van der Waals surface area contributed by atoms with Gasteiger partial charge in [-0.1, -0.05) is 23.4 Å². The Morgan fingerprint density at radius 3 is 2.94 bits per heavy atom. The molecule has 1 aromatic carbocycles. The second kappa shape index (κ2) is 10.2. The first-order chi connectivity index (χ1) is 16.1. The summed E-state index contributed by atoms with van der Waals surface area (Å²) in [5, 5.41) is 11.5. The summed E-state index contributed by atoms with van der Waals surface area (Å²) in [7, 11) is 0. The standard InChI is InChI=1S/C22H24FN7O3/c1-2-18(10-24)33-27-12-16-4-3-15(11-25-16)20-6-5-17(9-21(20)23)30-14-19(32-22(30)31)13-29-8-7-26-28-29/h3-9,11-12,18-19H,2,10,13-14,24H2,1H3/b27-12+. The van der Waals surface area contributed by atoms with E-state index in [1.807, 2.05) is 6.92 Å². The van der Waals surface area contributed by atoms with Crippen LogP contribution < -0.4 is 10.6 Å². The molecule has 0 radical (unpaired) electrons. The molecule has 2 N–H and O–H groups in total. The van der Waals surface area contributed by atoms with Crippen LogP contribution in [0.2, 0.25) is 0 Å². The Morgan fingerprint density at radius 1 is 1.39 bits per heavy atom. The molecular formula is C22H24FN7O3. The molecule has 0 saturated carbocycles. The minimum absolute atomic E-state index is 0.140. The van der Waals surface area contributed by atoms with Gasteiger partial charge in [-0.05, 0) is 30.7 Å². The maximum atomic E-state index is 14.9. The Hall–Kier alpha value is -3.86. The summed E-state index contributed by atoms with van der Waals surface area (Å²) < 4.78 is 21.9. The fourth-order valence-electron chi connectivity index (χ4n) is 3.37. The number of oxime groups is 1. The maximum absolute atomic E-state index is 14.9. The fraction of sp³-hybridized carbons (Fsp3) is 0.318. The smallest absolute Gasteiger partial charge is 0.414 e. The van der Waals surface area contributed by atoms with E-state index in [1.165, 1.54) is 17.2 Å². The lowest BCUT2D eigenvalue weighted by Gasteiger charge is -2.14. The van der Waals surface area contributed by atoms with E-state index < -0.39 is 18.0 Å². The molecule has 0 aliphatic carbocycles. The first-order valence-corrected chi connectivity index (χ1v) is 10.5. The summed E-state index contributed by atoms with van der Waals surface area (Å²) in [6.45, 7) is 3.01. The number of hydrogen-bond acceptors (Lipinski definition) is 8. The highest BCUT2D eigenvalue weighted by Gasteiger charge is 2.33. The van der Waals surface area contributed by atoms with Gasteiger partial charge in [0.15, 0.2) is 0 Å². The van der Waals surface area contributed by atoms with Crippen molar-refractivity contribution in [2.75, 3.05) is 18.0 Å². The summed E-state index contributed by atoms with van der Waals surface area (Å²) in [6.07, 6.45) is 5.96. The number of rotatable bonds is 9. The van der Waals surface area contributed by atoms with Gasteiger partial charge in [-0.3, -0.25) is 9.88 Å². The molecule has 11 heteroatoms. The molecule has 172 valence electrons. The lowest BCUT2D eigenvalue weighted by atomic mass is 10.1. The van der Waals surface area contributed by atoms with Crippen molar-refractivity contribution in [2.45, 2.75) is 32.1 Å². The Labute approximate surface area is 189 Å². The molecule has 1 fully saturated rings. The van der Waals surface area contributed by atoms with Crippen molar-refractivity contribution >= 4 is 18.0 Å². The van der Waals surface area contributed by atoms with Crippen molar-refractivity contribution < 1.29 is 18.8 Å². The highest BCUT2D eigenvalue weighted by Crippen LogP contribution is 2.29. The highest BCUT2D eigenvalue weighted by molar-refractivity contribution is 5.90. The normalized spacial score (nSPS) is 16.9. The van der Waals surface area contributed by atoms with Gasteiger partial charge in [-0.15, -0.1) is 5.10 Å². The molecule has 1 aliphatic heterocycles. The summed E-state index contributed by atoms with van der Waals surface area (Å²) in [5.74, 6) is -0.472. The largest absolute Gasteiger partial charge is 0.442 e. The average molecular weight is 453 g/mol. The lowest BCUT2D eigenvalue weighted by molar-refractivity contribution is 0.0638. The van der Waals surface area contributed by atoms with E-state index in [9.17, 15) is 9.18 Å². The third kappa shape index (κ3) is 5.32. The summed E-state index contributed by atoms with van der Waals surface area (Å²) in [6, 6.07) is 8.06. The molecule has 1 saturated heterocycles. The summed E-state index contributed by atoms with van der Waals surface area (Å²) in [5.41, 5.74) is 7.52. The maximum Gasteiger partial charge on any atom is 0.414 e. The van der Waals surface area contributed by atoms with Crippen LogP contribution in [0.1, 0.15) is 19.0 Å². The van der Waals surface area contributed by atoms with Gasteiger partial charge >= 0.3 is 6.09 Å². The third-order valence-electron chi connectivity index (χ3n) is 5.21. The number of carbonyl (C=O) groups excluding carboxylic acids is 1. The monoisotopic (exact) mass is 453 g/mol. The van der Waals surface area contributed by atoms with Gasteiger partial charge in [0.2, 0.25) is 0 Å². The van der Waals surface area contributed by atoms with E-state index in [0.29, 0.717) is 35.6 Å². The van der Waals surface area contributed by atoms with Crippen LogP contribution in [0.5, 0.6) is 0 Å². The van der Waals surface area contributed by atoms with E-state index >= 15 is 0 Å². The molecule has 3 aromatic rings. The average Bonchev–Trinajstić information content (AvgIpc) is 3.47. The van der Waals surface area contributed by atoms with Crippen LogP contribution in [0.15, 0.2) is 54.1 Å². The molecule has 1 aliphatic rings. The predicted molar refractivity (Wildman–Crippen MR) is 119 cm³/mol. The second-order valence-electron chi connectivity index (χ2n) is 7.48. The van der Waals surface area contributed by atoms with Crippen molar-refractivity contribution in [1.29, 1.82) is 0 Å². The topological polar surface area (TPSA) is 121 Å². The van der Waals surface area contributed by atoms with Crippen LogP contribution in [0.3, 0.4) is 0 Å². The van der Waals surface area contributed by atoms with E-state index in [-0.39, 0.29) is 12.6 Å². The van der Waals surface area contributed by atoms with Crippen molar-refractivity contribution in [3.05, 3.63) is 60.4 Å². The molecule has 2 atom stereocenters. The Bertz CT molecular complexity index is 1100. The van der Waals surface area contributed by atoms with Crippen LogP contribution >= 0.6 is 0 Å². The molecule has 1 amide bonds. The van der Waals surface area contributed by atoms with Gasteiger partial charge in [-0.25, -0.2) is 13.9 Å². The number of amides is 1. The van der Waals surface area contributed by atoms with Crippen LogP contribution in [0.4, 0.5) is 14.9 Å². The first kappa shape index (κ1) is 22.3. The van der Waals surface area contributed by atoms with Gasteiger partial charge in [0.05, 0.1) is 36.9 Å². The number of aromatic nitrogens is 4. The van der Waals surface area contributed by atoms with E-state index in [0.717, 1.165) is 6.42 Å². The van der Waals surface area contributed by atoms with Crippen LogP contribution in [0, 0.1) is 5.82 Å². The molecule has 0 spiro atoms. The van der Waals surface area contributed by atoms with Crippen molar-refractivity contribution in [3.63, 3.8) is 0 Å². The zero-order valence-corrected chi connectivity index (χ0v) is 18.0.